The van der Waals surface area contributed by atoms with Crippen molar-refractivity contribution in [1.29, 1.82) is 5.26 Å². The zero-order valence-electron chi connectivity index (χ0n) is 12.0. The van der Waals surface area contributed by atoms with Crippen molar-refractivity contribution in [2.24, 2.45) is 0 Å². The van der Waals surface area contributed by atoms with Crippen LogP contribution in [0, 0.1) is 11.3 Å². The lowest BCUT2D eigenvalue weighted by Gasteiger charge is -2.11. The summed E-state index contributed by atoms with van der Waals surface area (Å²) in [4.78, 5) is 15.8. The van der Waals surface area contributed by atoms with Gasteiger partial charge in [0.25, 0.3) is 0 Å². The second kappa shape index (κ2) is 7.25. The van der Waals surface area contributed by atoms with Crippen molar-refractivity contribution in [3.63, 3.8) is 0 Å². The van der Waals surface area contributed by atoms with Crippen LogP contribution < -0.4 is 10.6 Å². The molecule has 5 nitrogen and oxygen atoms in total. The Morgan fingerprint density at radius 1 is 1.33 bits per heavy atom. The third-order valence-electron chi connectivity index (χ3n) is 3.12. The Bertz CT molecular complexity index is 676. The van der Waals surface area contributed by atoms with Crippen LogP contribution >= 0.6 is 0 Å². The third kappa shape index (κ3) is 3.69. The van der Waals surface area contributed by atoms with E-state index in [0.717, 1.165) is 23.0 Å². The fourth-order valence-corrected chi connectivity index (χ4v) is 2.07. The van der Waals surface area contributed by atoms with E-state index in [9.17, 15) is 10.1 Å². The quantitative estimate of drug-likeness (QED) is 0.853. The Morgan fingerprint density at radius 3 is 2.90 bits per heavy atom. The summed E-state index contributed by atoms with van der Waals surface area (Å²) in [7, 11) is 0. The summed E-state index contributed by atoms with van der Waals surface area (Å²) in [5.74, 6) is 0.0150. The Kier molecular flexibility index (Phi) is 5.10. The molecule has 0 saturated heterocycles. The van der Waals surface area contributed by atoms with Crippen LogP contribution in [-0.2, 0) is 4.79 Å². The first-order chi connectivity index (χ1) is 10.3. The van der Waals surface area contributed by atoms with Crippen LogP contribution in [0.4, 0.5) is 5.69 Å². The average molecular weight is 282 g/mol. The minimum Gasteiger partial charge on any atom is -0.383 e. The lowest BCUT2D eigenvalue weighted by atomic mass is 10.1. The zero-order chi connectivity index (χ0) is 15.1. The number of benzene rings is 1. The number of hydrogen-bond donors (Lipinski definition) is 2. The van der Waals surface area contributed by atoms with E-state index in [-0.39, 0.29) is 5.91 Å². The number of nitrogens with zero attached hydrogens (tertiary/aromatic N) is 2. The number of para-hydroxylation sites is 1. The number of aromatic nitrogens is 1. The number of amides is 1. The normalized spacial score (nSPS) is 10.1. The summed E-state index contributed by atoms with van der Waals surface area (Å²) in [5.41, 5.74) is 2.06. The van der Waals surface area contributed by atoms with Crippen molar-refractivity contribution in [2.75, 3.05) is 18.4 Å². The van der Waals surface area contributed by atoms with Crippen LogP contribution in [0.1, 0.15) is 25.3 Å². The van der Waals surface area contributed by atoms with Gasteiger partial charge in [-0.15, -0.1) is 0 Å². The zero-order valence-corrected chi connectivity index (χ0v) is 12.0. The average Bonchev–Trinajstić information content (AvgIpc) is 2.53. The summed E-state index contributed by atoms with van der Waals surface area (Å²) < 4.78 is 0. The molecule has 2 aromatic rings. The summed E-state index contributed by atoms with van der Waals surface area (Å²) >= 11 is 0. The predicted molar refractivity (Wildman–Crippen MR) is 82.9 cm³/mol. The van der Waals surface area contributed by atoms with Crippen molar-refractivity contribution >= 4 is 22.5 Å². The van der Waals surface area contributed by atoms with Crippen LogP contribution in [0.5, 0.6) is 0 Å². The standard InChI is InChI=1S/C16H18N4O/c1-2-8-18-15(21)7-9-19-16-12(10-17)11-20-14-6-4-3-5-13(14)16/h3-6,11H,2,7-9H2,1H3,(H,18,21)(H,19,20). The second-order valence-corrected chi connectivity index (χ2v) is 4.70. The molecule has 0 aliphatic rings. The van der Waals surface area contributed by atoms with Crippen LogP contribution in [0.25, 0.3) is 10.9 Å². The molecule has 5 heteroatoms. The van der Waals surface area contributed by atoms with Gasteiger partial charge in [0.05, 0.1) is 16.8 Å². The van der Waals surface area contributed by atoms with E-state index in [0.29, 0.717) is 25.1 Å². The molecule has 108 valence electrons. The van der Waals surface area contributed by atoms with Gasteiger partial charge in [-0.2, -0.15) is 5.26 Å². The molecule has 2 rings (SSSR count). The Balaban J connectivity index is 2.10. The first-order valence-electron chi connectivity index (χ1n) is 7.04. The lowest BCUT2D eigenvalue weighted by molar-refractivity contribution is -0.120. The highest BCUT2D eigenvalue weighted by Gasteiger charge is 2.08. The van der Waals surface area contributed by atoms with Gasteiger partial charge >= 0.3 is 0 Å². The highest BCUT2D eigenvalue weighted by atomic mass is 16.1. The van der Waals surface area contributed by atoms with E-state index in [1.807, 2.05) is 31.2 Å². The summed E-state index contributed by atoms with van der Waals surface area (Å²) in [5, 5.41) is 16.1. The second-order valence-electron chi connectivity index (χ2n) is 4.70. The molecule has 1 aromatic heterocycles. The molecule has 0 radical (unpaired) electrons. The molecule has 0 spiro atoms. The van der Waals surface area contributed by atoms with Gasteiger partial charge in [0, 0.05) is 31.1 Å². The summed E-state index contributed by atoms with van der Waals surface area (Å²) in [6.45, 7) is 3.19. The summed E-state index contributed by atoms with van der Waals surface area (Å²) in [6, 6.07) is 9.77. The molecule has 2 N–H and O–H groups in total. The van der Waals surface area contributed by atoms with E-state index >= 15 is 0 Å². The molecule has 21 heavy (non-hydrogen) atoms. The summed E-state index contributed by atoms with van der Waals surface area (Å²) in [6.07, 6.45) is 2.86. The van der Waals surface area contributed by atoms with Gasteiger partial charge in [0.15, 0.2) is 0 Å². The maximum atomic E-state index is 11.6. The number of carbonyl (C=O) groups is 1. The molecule has 1 aromatic carbocycles. The van der Waals surface area contributed by atoms with Gasteiger partial charge in [-0.3, -0.25) is 9.78 Å². The van der Waals surface area contributed by atoms with E-state index in [1.165, 1.54) is 0 Å². The number of carbonyl (C=O) groups excluding carboxylic acids is 1. The van der Waals surface area contributed by atoms with Gasteiger partial charge in [-0.25, -0.2) is 0 Å². The van der Waals surface area contributed by atoms with Crippen LogP contribution in [-0.4, -0.2) is 24.0 Å². The van der Waals surface area contributed by atoms with Crippen LogP contribution in [0.3, 0.4) is 0 Å². The fourth-order valence-electron chi connectivity index (χ4n) is 2.07. The maximum absolute atomic E-state index is 11.6. The van der Waals surface area contributed by atoms with Gasteiger partial charge in [0.1, 0.15) is 6.07 Å². The molecule has 0 unspecified atom stereocenters. The monoisotopic (exact) mass is 282 g/mol. The van der Waals surface area contributed by atoms with Crippen molar-refractivity contribution in [2.45, 2.75) is 19.8 Å². The molecule has 1 heterocycles. The van der Waals surface area contributed by atoms with Crippen molar-refractivity contribution in [1.82, 2.24) is 10.3 Å². The molecule has 0 saturated carbocycles. The first kappa shape index (κ1) is 14.8. The van der Waals surface area contributed by atoms with Crippen molar-refractivity contribution in [3.05, 3.63) is 36.0 Å². The Labute approximate surface area is 124 Å². The van der Waals surface area contributed by atoms with Gasteiger partial charge in [-0.05, 0) is 12.5 Å². The predicted octanol–water partition coefficient (Wildman–Crippen LogP) is 2.43. The van der Waals surface area contributed by atoms with Crippen molar-refractivity contribution in [3.8, 4) is 6.07 Å². The molecular weight excluding hydrogens is 264 g/mol. The molecular formula is C16H18N4O. The number of fused-ring (bicyclic) bond motifs is 1. The van der Waals surface area contributed by atoms with E-state index in [4.69, 9.17) is 0 Å². The molecule has 0 aliphatic carbocycles. The Hall–Kier alpha value is -2.61. The highest BCUT2D eigenvalue weighted by molar-refractivity contribution is 5.94. The third-order valence-corrected chi connectivity index (χ3v) is 3.12. The topological polar surface area (TPSA) is 77.8 Å². The number of nitriles is 1. The first-order valence-corrected chi connectivity index (χ1v) is 7.04. The molecule has 0 bridgehead atoms. The molecule has 1 amide bonds. The minimum absolute atomic E-state index is 0.0150. The number of anilines is 1. The molecule has 0 fully saturated rings. The molecule has 0 aliphatic heterocycles. The van der Waals surface area contributed by atoms with Crippen LogP contribution in [0.2, 0.25) is 0 Å². The molecule has 0 atom stereocenters. The highest BCUT2D eigenvalue weighted by Crippen LogP contribution is 2.25. The van der Waals surface area contributed by atoms with Crippen molar-refractivity contribution < 1.29 is 4.79 Å². The van der Waals surface area contributed by atoms with Gasteiger partial charge in [-0.1, -0.05) is 25.1 Å². The maximum Gasteiger partial charge on any atom is 0.221 e. The largest absolute Gasteiger partial charge is 0.383 e. The van der Waals surface area contributed by atoms with E-state index in [1.54, 1.807) is 6.20 Å². The van der Waals surface area contributed by atoms with Gasteiger partial charge < -0.3 is 10.6 Å². The number of nitrogens with one attached hydrogen (secondary N) is 2. The minimum atomic E-state index is 0.0150. The number of pyridine rings is 1. The SMILES string of the molecule is CCCNC(=O)CCNc1c(C#N)cnc2ccccc12. The van der Waals surface area contributed by atoms with Gasteiger partial charge in [0.2, 0.25) is 5.91 Å². The smallest absolute Gasteiger partial charge is 0.221 e. The lowest BCUT2D eigenvalue weighted by Crippen LogP contribution is -2.26. The fraction of sp³-hybridized carbons (Fsp3) is 0.312. The Morgan fingerprint density at radius 2 is 2.14 bits per heavy atom. The van der Waals surface area contributed by atoms with E-state index in [2.05, 4.69) is 21.7 Å². The number of rotatable bonds is 6. The van der Waals surface area contributed by atoms with E-state index < -0.39 is 0 Å². The number of hydrogen-bond acceptors (Lipinski definition) is 4. The van der Waals surface area contributed by atoms with Crippen LogP contribution in [0.15, 0.2) is 30.5 Å².